The van der Waals surface area contributed by atoms with E-state index < -0.39 is 0 Å². The molecule has 2 amide bonds. The lowest BCUT2D eigenvalue weighted by atomic mass is 9.78. The van der Waals surface area contributed by atoms with Gasteiger partial charge in [0.2, 0.25) is 5.91 Å². The molecule has 1 aliphatic rings. The lowest BCUT2D eigenvalue weighted by molar-refractivity contribution is -0.135. The Hall–Kier alpha value is -2.04. The van der Waals surface area contributed by atoms with E-state index in [1.54, 1.807) is 18.2 Å². The highest BCUT2D eigenvalue weighted by Gasteiger charge is 2.28. The fourth-order valence-corrected chi connectivity index (χ4v) is 4.12. The summed E-state index contributed by atoms with van der Waals surface area (Å²) in [7, 11) is 1.87. The molecule has 0 aliphatic heterocycles. The van der Waals surface area contributed by atoms with E-state index in [0.717, 1.165) is 37.9 Å². The van der Waals surface area contributed by atoms with Crippen LogP contribution in [0.4, 0.5) is 5.69 Å². The van der Waals surface area contributed by atoms with Gasteiger partial charge >= 0.3 is 0 Å². The topological polar surface area (TPSA) is 49.4 Å². The monoisotopic (exact) mass is 432 g/mol. The smallest absolute Gasteiger partial charge is 0.255 e. The minimum atomic E-state index is -0.226. The quantitative estimate of drug-likeness (QED) is 0.629. The van der Waals surface area contributed by atoms with Crippen LogP contribution in [0, 0.1) is 5.92 Å². The van der Waals surface area contributed by atoms with Gasteiger partial charge in [-0.15, -0.1) is 0 Å². The van der Waals surface area contributed by atoms with Crippen molar-refractivity contribution in [3.63, 3.8) is 0 Å². The number of nitrogens with zero attached hydrogens (tertiary/aromatic N) is 1. The number of hydrogen-bond donors (Lipinski definition) is 1. The van der Waals surface area contributed by atoms with Gasteiger partial charge in [-0.2, -0.15) is 0 Å². The largest absolute Gasteiger partial charge is 0.346 e. The van der Waals surface area contributed by atoms with Crippen LogP contribution in [0.5, 0.6) is 0 Å². The molecule has 1 aliphatic carbocycles. The molecule has 4 nitrogen and oxygen atoms in total. The van der Waals surface area contributed by atoms with E-state index in [2.05, 4.69) is 17.4 Å². The van der Waals surface area contributed by atoms with E-state index in [1.807, 2.05) is 31.0 Å². The molecule has 0 heterocycles. The number of anilines is 1. The molecule has 3 rings (SSSR count). The highest BCUT2D eigenvalue weighted by atomic mass is 35.5. The Morgan fingerprint density at radius 2 is 1.66 bits per heavy atom. The van der Waals surface area contributed by atoms with E-state index >= 15 is 0 Å². The van der Waals surface area contributed by atoms with E-state index in [0.29, 0.717) is 21.5 Å². The number of amides is 2. The van der Waals surface area contributed by atoms with Gasteiger partial charge < -0.3 is 10.2 Å². The maximum absolute atomic E-state index is 12.4. The highest BCUT2D eigenvalue weighted by Crippen LogP contribution is 2.36. The molecule has 1 fully saturated rings. The molecule has 154 valence electrons. The van der Waals surface area contributed by atoms with Gasteiger partial charge in [0.1, 0.15) is 0 Å². The molecule has 1 saturated carbocycles. The van der Waals surface area contributed by atoms with Crippen molar-refractivity contribution in [3.05, 3.63) is 63.6 Å². The summed E-state index contributed by atoms with van der Waals surface area (Å²) in [6.07, 6.45) is 3.90. The zero-order valence-electron chi connectivity index (χ0n) is 16.8. The lowest BCUT2D eigenvalue weighted by Gasteiger charge is -2.30. The molecule has 2 aromatic rings. The van der Waals surface area contributed by atoms with Crippen molar-refractivity contribution in [2.45, 2.75) is 38.5 Å². The SMILES string of the molecule is CCN(C)C(=O)[C@H]1CC[C@H](c2ccc(NC(=O)c3ccc(Cl)c(Cl)c3)cc2)CC1. The van der Waals surface area contributed by atoms with Crippen molar-refractivity contribution >= 4 is 40.7 Å². The molecule has 0 saturated heterocycles. The van der Waals surface area contributed by atoms with Crippen LogP contribution in [0.2, 0.25) is 10.0 Å². The Morgan fingerprint density at radius 1 is 1.00 bits per heavy atom. The number of nitrogens with one attached hydrogen (secondary N) is 1. The second-order valence-electron chi connectivity index (χ2n) is 7.61. The summed E-state index contributed by atoms with van der Waals surface area (Å²) < 4.78 is 0. The van der Waals surface area contributed by atoms with Crippen LogP contribution in [-0.2, 0) is 4.79 Å². The fourth-order valence-electron chi connectivity index (χ4n) is 3.82. The minimum absolute atomic E-state index is 0.154. The number of halogens is 2. The van der Waals surface area contributed by atoms with Gasteiger partial charge in [-0.25, -0.2) is 0 Å². The first-order valence-corrected chi connectivity index (χ1v) is 10.8. The maximum Gasteiger partial charge on any atom is 0.255 e. The number of benzene rings is 2. The first kappa shape index (κ1) is 21.7. The molecule has 0 radical (unpaired) electrons. The number of carbonyl (C=O) groups excluding carboxylic acids is 2. The summed E-state index contributed by atoms with van der Waals surface area (Å²) in [5, 5.41) is 3.66. The molecular formula is C23H26Cl2N2O2. The van der Waals surface area contributed by atoms with Crippen molar-refractivity contribution in [2.24, 2.45) is 5.92 Å². The summed E-state index contributed by atoms with van der Waals surface area (Å²) in [4.78, 5) is 26.6. The third kappa shape index (κ3) is 5.31. The molecule has 0 aromatic heterocycles. The third-order valence-electron chi connectivity index (χ3n) is 5.75. The van der Waals surface area contributed by atoms with Crippen LogP contribution < -0.4 is 5.32 Å². The summed E-state index contributed by atoms with van der Waals surface area (Å²) in [5.74, 6) is 0.661. The summed E-state index contributed by atoms with van der Waals surface area (Å²) in [6, 6.07) is 12.8. The zero-order valence-corrected chi connectivity index (χ0v) is 18.3. The van der Waals surface area contributed by atoms with Gasteiger partial charge in [0, 0.05) is 30.8 Å². The van der Waals surface area contributed by atoms with Gasteiger partial charge in [-0.05, 0) is 74.4 Å². The molecule has 0 bridgehead atoms. The third-order valence-corrected chi connectivity index (χ3v) is 6.49. The average Bonchev–Trinajstić information content (AvgIpc) is 2.75. The fraction of sp³-hybridized carbons (Fsp3) is 0.391. The van der Waals surface area contributed by atoms with Crippen molar-refractivity contribution < 1.29 is 9.59 Å². The summed E-state index contributed by atoms with van der Waals surface area (Å²) in [5.41, 5.74) is 2.45. The molecule has 29 heavy (non-hydrogen) atoms. The summed E-state index contributed by atoms with van der Waals surface area (Å²) >= 11 is 11.9. The second-order valence-corrected chi connectivity index (χ2v) is 8.42. The molecule has 0 spiro atoms. The Kier molecular flexibility index (Phi) is 7.20. The van der Waals surface area contributed by atoms with E-state index in [1.165, 1.54) is 5.56 Å². The van der Waals surface area contributed by atoms with Crippen molar-refractivity contribution in [1.82, 2.24) is 4.90 Å². The van der Waals surface area contributed by atoms with Gasteiger partial charge in [0.15, 0.2) is 0 Å². The van der Waals surface area contributed by atoms with Gasteiger partial charge in [0.25, 0.3) is 5.91 Å². The van der Waals surface area contributed by atoms with Crippen molar-refractivity contribution in [1.29, 1.82) is 0 Å². The van der Waals surface area contributed by atoms with Gasteiger partial charge in [0.05, 0.1) is 10.0 Å². The van der Waals surface area contributed by atoms with E-state index in [9.17, 15) is 9.59 Å². The average molecular weight is 433 g/mol. The van der Waals surface area contributed by atoms with Crippen molar-refractivity contribution in [2.75, 3.05) is 18.9 Å². The Labute approximate surface area is 182 Å². The van der Waals surface area contributed by atoms with Crippen molar-refractivity contribution in [3.8, 4) is 0 Å². The lowest BCUT2D eigenvalue weighted by Crippen LogP contribution is -2.34. The molecule has 2 aromatic carbocycles. The van der Waals surface area contributed by atoms with Crippen LogP contribution >= 0.6 is 23.2 Å². The van der Waals surface area contributed by atoms with Crippen LogP contribution in [0.25, 0.3) is 0 Å². The Bertz CT molecular complexity index is 875. The Balaban J connectivity index is 1.57. The zero-order chi connectivity index (χ0) is 21.0. The van der Waals surface area contributed by atoms with Crippen LogP contribution in [0.3, 0.4) is 0 Å². The second kappa shape index (κ2) is 9.64. The molecule has 6 heteroatoms. The Morgan fingerprint density at radius 3 is 2.24 bits per heavy atom. The van der Waals surface area contributed by atoms with Crippen LogP contribution in [0.1, 0.15) is 54.4 Å². The number of hydrogen-bond acceptors (Lipinski definition) is 2. The maximum atomic E-state index is 12.4. The van der Waals surface area contributed by atoms with Gasteiger partial charge in [-0.3, -0.25) is 9.59 Å². The number of rotatable bonds is 5. The van der Waals surface area contributed by atoms with E-state index in [4.69, 9.17) is 23.2 Å². The predicted molar refractivity (Wildman–Crippen MR) is 119 cm³/mol. The first-order valence-electron chi connectivity index (χ1n) is 10.0. The van der Waals surface area contributed by atoms with E-state index in [-0.39, 0.29) is 17.7 Å². The normalized spacial score (nSPS) is 18.9. The van der Waals surface area contributed by atoms with Crippen LogP contribution in [-0.4, -0.2) is 30.3 Å². The predicted octanol–water partition coefficient (Wildman–Crippen LogP) is 6.00. The van der Waals surface area contributed by atoms with Crippen LogP contribution in [0.15, 0.2) is 42.5 Å². The molecule has 0 atom stereocenters. The minimum Gasteiger partial charge on any atom is -0.346 e. The van der Waals surface area contributed by atoms with Gasteiger partial charge in [-0.1, -0.05) is 35.3 Å². The molecular weight excluding hydrogens is 407 g/mol. The first-order chi connectivity index (χ1) is 13.9. The highest BCUT2D eigenvalue weighted by molar-refractivity contribution is 6.42. The molecule has 1 N–H and O–H groups in total. The molecule has 0 unspecified atom stereocenters. The summed E-state index contributed by atoms with van der Waals surface area (Å²) in [6.45, 7) is 2.76. The standard InChI is InChI=1S/C23H26Cl2N2O2/c1-3-27(2)23(29)17-6-4-15(5-7-17)16-8-11-19(12-9-16)26-22(28)18-10-13-20(24)21(25)14-18/h8-15,17H,3-7H2,1-2H3,(H,26,28)/t15-,17-. The number of carbonyl (C=O) groups is 2.